The van der Waals surface area contributed by atoms with E-state index < -0.39 is 0 Å². The van der Waals surface area contributed by atoms with Crippen LogP contribution in [-0.4, -0.2) is 18.6 Å². The maximum atomic E-state index is 11.7. The highest BCUT2D eigenvalue weighted by Gasteiger charge is 2.25. The Morgan fingerprint density at radius 2 is 2.12 bits per heavy atom. The molecule has 0 aliphatic heterocycles. The molecule has 3 heteroatoms. The minimum atomic E-state index is -0.0592. The number of nitrogens with two attached hydrogens (primary N) is 1. The van der Waals surface area contributed by atoms with Crippen LogP contribution in [0.2, 0.25) is 0 Å². The van der Waals surface area contributed by atoms with Crippen molar-refractivity contribution in [2.45, 2.75) is 58.5 Å². The van der Waals surface area contributed by atoms with Crippen molar-refractivity contribution in [3.8, 4) is 0 Å². The Bertz CT molecular complexity index is 214. The largest absolute Gasteiger partial charge is 0.462 e. The second kappa shape index (κ2) is 6.89. The Balaban J connectivity index is 2.32. The van der Waals surface area contributed by atoms with Crippen molar-refractivity contribution in [2.75, 3.05) is 6.54 Å². The van der Waals surface area contributed by atoms with Gasteiger partial charge in [-0.15, -0.1) is 0 Å². The van der Waals surface area contributed by atoms with E-state index in [1.165, 1.54) is 19.3 Å². The van der Waals surface area contributed by atoms with Crippen molar-refractivity contribution in [2.24, 2.45) is 17.6 Å². The lowest BCUT2D eigenvalue weighted by atomic mass is 9.88. The van der Waals surface area contributed by atoms with Gasteiger partial charge in [-0.05, 0) is 37.6 Å². The van der Waals surface area contributed by atoms with Crippen LogP contribution in [0.5, 0.6) is 0 Å². The molecule has 0 amide bonds. The highest BCUT2D eigenvalue weighted by atomic mass is 16.5. The second-order valence-corrected chi connectivity index (χ2v) is 5.00. The van der Waals surface area contributed by atoms with Crippen molar-refractivity contribution in [3.05, 3.63) is 0 Å². The van der Waals surface area contributed by atoms with Crippen LogP contribution >= 0.6 is 0 Å². The summed E-state index contributed by atoms with van der Waals surface area (Å²) in [4.78, 5) is 11.7. The average Bonchev–Trinajstić information content (AvgIpc) is 2.29. The minimum absolute atomic E-state index is 0.0592. The molecule has 0 radical (unpaired) electrons. The molecule has 0 saturated heterocycles. The van der Waals surface area contributed by atoms with E-state index >= 15 is 0 Å². The first-order valence-electron chi connectivity index (χ1n) is 6.56. The Morgan fingerprint density at radius 3 is 2.69 bits per heavy atom. The first-order chi connectivity index (χ1) is 7.67. The van der Waals surface area contributed by atoms with E-state index in [1.807, 2.05) is 0 Å². The molecule has 0 bridgehead atoms. The van der Waals surface area contributed by atoms with E-state index in [4.69, 9.17) is 10.5 Å². The van der Waals surface area contributed by atoms with Crippen molar-refractivity contribution in [3.63, 3.8) is 0 Å². The third-order valence-electron chi connectivity index (χ3n) is 3.68. The molecule has 1 saturated carbocycles. The zero-order valence-corrected chi connectivity index (χ0v) is 10.6. The highest BCUT2D eigenvalue weighted by Crippen LogP contribution is 2.26. The monoisotopic (exact) mass is 227 g/mol. The maximum Gasteiger partial charge on any atom is 0.306 e. The van der Waals surface area contributed by atoms with Crippen molar-refractivity contribution < 1.29 is 9.53 Å². The Kier molecular flexibility index (Phi) is 5.81. The molecular weight excluding hydrogens is 202 g/mol. The van der Waals surface area contributed by atoms with Crippen LogP contribution in [0.4, 0.5) is 0 Å². The van der Waals surface area contributed by atoms with Crippen molar-refractivity contribution in [1.29, 1.82) is 0 Å². The number of rotatable bonds is 5. The van der Waals surface area contributed by atoms with Gasteiger partial charge in [-0.3, -0.25) is 4.79 Å². The zero-order valence-electron chi connectivity index (χ0n) is 10.6. The number of carbonyl (C=O) groups is 1. The molecule has 3 nitrogen and oxygen atoms in total. The van der Waals surface area contributed by atoms with Gasteiger partial charge in [0, 0.05) is 6.42 Å². The van der Waals surface area contributed by atoms with E-state index in [-0.39, 0.29) is 18.0 Å². The van der Waals surface area contributed by atoms with Crippen LogP contribution in [-0.2, 0) is 9.53 Å². The van der Waals surface area contributed by atoms with Gasteiger partial charge in [0.1, 0.15) is 6.10 Å². The number of carbonyl (C=O) groups excluding carboxylic acids is 1. The van der Waals surface area contributed by atoms with Gasteiger partial charge in [0.05, 0.1) is 0 Å². The molecule has 0 aromatic heterocycles. The lowest BCUT2D eigenvalue weighted by Crippen LogP contribution is -2.29. The second-order valence-electron chi connectivity index (χ2n) is 5.00. The van der Waals surface area contributed by atoms with E-state index in [2.05, 4.69) is 13.8 Å². The van der Waals surface area contributed by atoms with Gasteiger partial charge in [0.15, 0.2) is 0 Å². The minimum Gasteiger partial charge on any atom is -0.462 e. The summed E-state index contributed by atoms with van der Waals surface area (Å²) in [7, 11) is 0. The van der Waals surface area contributed by atoms with Crippen molar-refractivity contribution >= 4 is 5.97 Å². The van der Waals surface area contributed by atoms with Crippen LogP contribution in [0.15, 0.2) is 0 Å². The van der Waals surface area contributed by atoms with Crippen LogP contribution < -0.4 is 5.73 Å². The first-order valence-corrected chi connectivity index (χ1v) is 6.56. The van der Waals surface area contributed by atoms with Gasteiger partial charge in [0.2, 0.25) is 0 Å². The summed E-state index contributed by atoms with van der Waals surface area (Å²) in [6, 6.07) is 0. The smallest absolute Gasteiger partial charge is 0.306 e. The topological polar surface area (TPSA) is 52.3 Å². The zero-order chi connectivity index (χ0) is 12.0. The van der Waals surface area contributed by atoms with Gasteiger partial charge in [-0.25, -0.2) is 0 Å². The molecular formula is C13H25NO2. The molecule has 1 aliphatic carbocycles. The highest BCUT2D eigenvalue weighted by molar-refractivity contribution is 5.69. The average molecular weight is 227 g/mol. The standard InChI is InChI=1S/C13H25NO2/c1-3-11(9-14)8-13(15)16-12-7-5-4-6-10(12)2/h10-12H,3-9,14H2,1-2H3. The van der Waals surface area contributed by atoms with Crippen LogP contribution in [0.25, 0.3) is 0 Å². The number of ether oxygens (including phenoxy) is 1. The normalized spacial score (nSPS) is 27.4. The lowest BCUT2D eigenvalue weighted by molar-refractivity contribution is -0.154. The molecule has 1 rings (SSSR count). The van der Waals surface area contributed by atoms with Gasteiger partial charge in [-0.1, -0.05) is 26.7 Å². The predicted molar refractivity (Wildman–Crippen MR) is 65.0 cm³/mol. The van der Waals surface area contributed by atoms with Crippen LogP contribution in [0.1, 0.15) is 52.4 Å². The predicted octanol–water partition coefficient (Wildman–Crippen LogP) is 2.48. The molecule has 2 N–H and O–H groups in total. The number of esters is 1. The number of hydrogen-bond donors (Lipinski definition) is 1. The van der Waals surface area contributed by atoms with Gasteiger partial charge < -0.3 is 10.5 Å². The maximum absolute atomic E-state index is 11.7. The van der Waals surface area contributed by atoms with E-state index in [0.29, 0.717) is 18.9 Å². The van der Waals surface area contributed by atoms with Gasteiger partial charge >= 0.3 is 5.97 Å². The summed E-state index contributed by atoms with van der Waals surface area (Å²) in [5.74, 6) is 0.748. The fourth-order valence-electron chi connectivity index (χ4n) is 2.30. The molecule has 0 aromatic carbocycles. The summed E-state index contributed by atoms with van der Waals surface area (Å²) in [6.45, 7) is 4.82. The molecule has 94 valence electrons. The van der Waals surface area contributed by atoms with E-state index in [1.54, 1.807) is 0 Å². The van der Waals surface area contributed by atoms with E-state index in [0.717, 1.165) is 12.8 Å². The third-order valence-corrected chi connectivity index (χ3v) is 3.68. The lowest BCUT2D eigenvalue weighted by Gasteiger charge is -2.28. The summed E-state index contributed by atoms with van der Waals surface area (Å²) >= 11 is 0. The Hall–Kier alpha value is -0.570. The third kappa shape index (κ3) is 4.12. The van der Waals surface area contributed by atoms with Crippen LogP contribution in [0.3, 0.4) is 0 Å². The molecule has 1 aliphatic rings. The quantitative estimate of drug-likeness (QED) is 0.734. The Morgan fingerprint density at radius 1 is 1.44 bits per heavy atom. The fraction of sp³-hybridized carbons (Fsp3) is 0.923. The summed E-state index contributed by atoms with van der Waals surface area (Å²) < 4.78 is 5.54. The summed E-state index contributed by atoms with van der Waals surface area (Å²) in [5, 5.41) is 0. The van der Waals surface area contributed by atoms with E-state index in [9.17, 15) is 4.79 Å². The Labute approximate surface area is 98.7 Å². The van der Waals surface area contributed by atoms with Gasteiger partial charge in [-0.2, -0.15) is 0 Å². The van der Waals surface area contributed by atoms with Crippen LogP contribution in [0, 0.1) is 11.8 Å². The number of hydrogen-bond acceptors (Lipinski definition) is 3. The van der Waals surface area contributed by atoms with Gasteiger partial charge in [0.25, 0.3) is 0 Å². The molecule has 0 heterocycles. The molecule has 1 fully saturated rings. The molecule has 3 unspecified atom stereocenters. The SMILES string of the molecule is CCC(CN)CC(=O)OC1CCCCC1C. The first kappa shape index (κ1) is 13.5. The fourth-order valence-corrected chi connectivity index (χ4v) is 2.30. The molecule has 3 atom stereocenters. The summed E-state index contributed by atoms with van der Waals surface area (Å²) in [5.41, 5.74) is 5.58. The molecule has 0 aromatic rings. The molecule has 0 spiro atoms. The summed E-state index contributed by atoms with van der Waals surface area (Å²) in [6.07, 6.45) is 6.27. The van der Waals surface area contributed by atoms with Crippen molar-refractivity contribution in [1.82, 2.24) is 0 Å². The molecule has 16 heavy (non-hydrogen) atoms.